The fourth-order valence-corrected chi connectivity index (χ4v) is 1.32. The summed E-state index contributed by atoms with van der Waals surface area (Å²) in [6.45, 7) is 0.0626. The number of alkyl carbamates (subject to hydrolysis) is 1. The van der Waals surface area contributed by atoms with Gasteiger partial charge in [0.15, 0.2) is 0 Å². The van der Waals surface area contributed by atoms with E-state index in [0.29, 0.717) is 0 Å². The molecule has 1 unspecified atom stereocenters. The van der Waals surface area contributed by atoms with Gasteiger partial charge >= 0.3 is 6.09 Å². The Kier molecular flexibility index (Phi) is 6.34. The largest absolute Gasteiger partial charge is 0.445 e. The summed E-state index contributed by atoms with van der Waals surface area (Å²) < 4.78 is 4.92. The van der Waals surface area contributed by atoms with E-state index >= 15 is 0 Å². The van der Waals surface area contributed by atoms with E-state index in [1.54, 1.807) is 0 Å². The summed E-state index contributed by atoms with van der Waals surface area (Å²) in [7, 11) is 0. The first-order valence-corrected chi connectivity index (χ1v) is 5.74. The minimum absolute atomic E-state index is 0.0823. The van der Waals surface area contributed by atoms with Crippen molar-refractivity contribution < 1.29 is 19.4 Å². The number of amides is 2. The molecule has 1 aromatic carbocycles. The fraction of sp³-hybridized carbons (Fsp3) is 0.333. The van der Waals surface area contributed by atoms with Crippen molar-refractivity contribution >= 4 is 12.0 Å². The fourth-order valence-electron chi connectivity index (χ4n) is 1.32. The van der Waals surface area contributed by atoms with E-state index in [2.05, 4.69) is 5.32 Å². The number of aliphatic hydroxyl groups excluding tert-OH is 1. The number of nitrogens with two attached hydrogens (primary N) is 1. The molecule has 1 atom stereocenters. The highest BCUT2D eigenvalue weighted by Gasteiger charge is 2.11. The lowest BCUT2D eigenvalue weighted by Crippen LogP contribution is -2.38. The smallest absolute Gasteiger partial charge is 0.407 e. The van der Waals surface area contributed by atoms with Crippen LogP contribution in [0.25, 0.3) is 0 Å². The molecule has 0 aliphatic carbocycles. The first-order chi connectivity index (χ1) is 9.11. The molecule has 5 N–H and O–H groups in total. The van der Waals surface area contributed by atoms with Crippen LogP contribution in [0.4, 0.5) is 4.79 Å². The Hall–Kier alpha value is -2.12. The number of nitrogens with one attached hydrogen (secondary N) is 2. The highest BCUT2D eigenvalue weighted by molar-refractivity contribution is 5.75. The van der Waals surface area contributed by atoms with Gasteiger partial charge in [-0.1, -0.05) is 30.3 Å². The molecule has 2 amide bonds. The van der Waals surface area contributed by atoms with Gasteiger partial charge in [0, 0.05) is 6.54 Å². The number of benzene rings is 1. The zero-order valence-corrected chi connectivity index (χ0v) is 10.3. The Morgan fingerprint density at radius 3 is 2.63 bits per heavy atom. The minimum atomic E-state index is -1.01. The van der Waals surface area contributed by atoms with Crippen LogP contribution in [0, 0.1) is 0 Å². The van der Waals surface area contributed by atoms with E-state index in [9.17, 15) is 14.7 Å². The summed E-state index contributed by atoms with van der Waals surface area (Å²) in [5.74, 6) is 4.36. The average molecular weight is 267 g/mol. The van der Waals surface area contributed by atoms with Gasteiger partial charge in [-0.2, -0.15) is 0 Å². The second kappa shape index (κ2) is 8.06. The molecule has 0 spiro atoms. The molecule has 0 aliphatic rings. The van der Waals surface area contributed by atoms with Crippen molar-refractivity contribution in [2.24, 2.45) is 5.84 Å². The van der Waals surface area contributed by atoms with Gasteiger partial charge in [-0.3, -0.25) is 10.2 Å². The van der Waals surface area contributed by atoms with E-state index < -0.39 is 18.1 Å². The van der Waals surface area contributed by atoms with Crippen molar-refractivity contribution in [1.82, 2.24) is 10.7 Å². The molecule has 7 heteroatoms. The van der Waals surface area contributed by atoms with Crippen LogP contribution >= 0.6 is 0 Å². The maximum Gasteiger partial charge on any atom is 0.407 e. The maximum absolute atomic E-state index is 11.3. The van der Waals surface area contributed by atoms with Gasteiger partial charge in [0.05, 0.1) is 12.5 Å². The summed E-state index contributed by atoms with van der Waals surface area (Å²) >= 11 is 0. The zero-order chi connectivity index (χ0) is 14.1. The van der Waals surface area contributed by atoms with E-state index in [0.717, 1.165) is 5.56 Å². The molecule has 0 saturated carbocycles. The van der Waals surface area contributed by atoms with E-state index in [1.165, 1.54) is 0 Å². The molecule has 104 valence electrons. The first-order valence-electron chi connectivity index (χ1n) is 5.74. The summed E-state index contributed by atoms with van der Waals surface area (Å²) in [4.78, 5) is 22.1. The van der Waals surface area contributed by atoms with Crippen LogP contribution in [-0.4, -0.2) is 29.8 Å². The molecule has 7 nitrogen and oxygen atoms in total. The number of hydrogen-bond acceptors (Lipinski definition) is 5. The third-order valence-corrected chi connectivity index (χ3v) is 2.28. The second-order valence-corrected chi connectivity index (χ2v) is 3.87. The van der Waals surface area contributed by atoms with Crippen molar-refractivity contribution in [2.45, 2.75) is 19.1 Å². The normalized spacial score (nSPS) is 11.5. The van der Waals surface area contributed by atoms with Gasteiger partial charge in [0.2, 0.25) is 5.91 Å². The molecule has 0 saturated heterocycles. The van der Waals surface area contributed by atoms with Crippen molar-refractivity contribution in [3.8, 4) is 0 Å². The highest BCUT2D eigenvalue weighted by atomic mass is 16.5. The predicted octanol–water partition coefficient (Wildman–Crippen LogP) is -0.346. The van der Waals surface area contributed by atoms with Crippen LogP contribution in [0.3, 0.4) is 0 Å². The number of hydrogen-bond donors (Lipinski definition) is 4. The Bertz CT molecular complexity index is 411. The standard InChI is InChI=1S/C12H17N3O4/c13-15-11(17)6-10(16)7-14-12(18)19-8-9-4-2-1-3-5-9/h1-5,10,16H,6-8,13H2,(H,14,18)(H,15,17). The van der Waals surface area contributed by atoms with Crippen LogP contribution in [0.2, 0.25) is 0 Å². The number of carbonyl (C=O) groups is 2. The number of carbonyl (C=O) groups excluding carboxylic acids is 2. The molecule has 0 heterocycles. The van der Waals surface area contributed by atoms with Crippen LogP contribution < -0.4 is 16.6 Å². The Morgan fingerprint density at radius 2 is 2.00 bits per heavy atom. The van der Waals surface area contributed by atoms with Gasteiger partial charge in [-0.25, -0.2) is 10.6 Å². The van der Waals surface area contributed by atoms with Gasteiger partial charge < -0.3 is 15.2 Å². The topological polar surface area (TPSA) is 114 Å². The molecule has 0 radical (unpaired) electrons. The third-order valence-electron chi connectivity index (χ3n) is 2.28. The van der Waals surface area contributed by atoms with Gasteiger partial charge in [-0.05, 0) is 5.56 Å². The minimum Gasteiger partial charge on any atom is -0.445 e. The van der Waals surface area contributed by atoms with Gasteiger partial charge in [0.25, 0.3) is 0 Å². The van der Waals surface area contributed by atoms with E-state index in [4.69, 9.17) is 10.6 Å². The first kappa shape index (κ1) is 14.9. The van der Waals surface area contributed by atoms with E-state index in [1.807, 2.05) is 35.8 Å². The number of ether oxygens (including phenoxy) is 1. The number of hydrazine groups is 1. The summed E-state index contributed by atoms with van der Waals surface area (Å²) in [5, 5.41) is 11.7. The Morgan fingerprint density at radius 1 is 1.32 bits per heavy atom. The monoisotopic (exact) mass is 267 g/mol. The molecular weight excluding hydrogens is 250 g/mol. The quantitative estimate of drug-likeness (QED) is 0.320. The third kappa shape index (κ3) is 6.39. The molecule has 0 aliphatic heterocycles. The summed E-state index contributed by atoms with van der Waals surface area (Å²) in [5.41, 5.74) is 2.75. The maximum atomic E-state index is 11.3. The average Bonchev–Trinajstić information content (AvgIpc) is 2.43. The number of aliphatic hydroxyl groups is 1. The molecule has 1 rings (SSSR count). The lowest BCUT2D eigenvalue weighted by Gasteiger charge is -2.11. The lowest BCUT2D eigenvalue weighted by atomic mass is 10.2. The van der Waals surface area contributed by atoms with Crippen LogP contribution in [0.1, 0.15) is 12.0 Å². The SMILES string of the molecule is NNC(=O)CC(O)CNC(=O)OCc1ccccc1. The Labute approximate surface area is 110 Å². The summed E-state index contributed by atoms with van der Waals surface area (Å²) in [6.07, 6.45) is -1.85. The van der Waals surface area contributed by atoms with Crippen molar-refractivity contribution in [3.05, 3.63) is 35.9 Å². The molecule has 1 aromatic rings. The highest BCUT2D eigenvalue weighted by Crippen LogP contribution is 2.00. The lowest BCUT2D eigenvalue weighted by molar-refractivity contribution is -0.123. The predicted molar refractivity (Wildman–Crippen MR) is 67.6 cm³/mol. The van der Waals surface area contributed by atoms with Crippen molar-refractivity contribution in [3.63, 3.8) is 0 Å². The van der Waals surface area contributed by atoms with Gasteiger partial charge in [-0.15, -0.1) is 0 Å². The molecular formula is C12H17N3O4. The molecule has 19 heavy (non-hydrogen) atoms. The molecule has 0 fully saturated rings. The Balaban J connectivity index is 2.19. The van der Waals surface area contributed by atoms with Crippen molar-refractivity contribution in [2.75, 3.05) is 6.54 Å². The van der Waals surface area contributed by atoms with Crippen LogP contribution in [0.5, 0.6) is 0 Å². The van der Waals surface area contributed by atoms with Crippen molar-refractivity contribution in [1.29, 1.82) is 0 Å². The van der Waals surface area contributed by atoms with E-state index in [-0.39, 0.29) is 19.6 Å². The zero-order valence-electron chi connectivity index (χ0n) is 10.3. The number of rotatable bonds is 6. The van der Waals surface area contributed by atoms with Gasteiger partial charge in [0.1, 0.15) is 6.61 Å². The summed E-state index contributed by atoms with van der Waals surface area (Å²) in [6, 6.07) is 9.20. The van der Waals surface area contributed by atoms with Crippen LogP contribution in [0.15, 0.2) is 30.3 Å². The second-order valence-electron chi connectivity index (χ2n) is 3.87. The molecule has 0 bridgehead atoms. The van der Waals surface area contributed by atoms with Crippen LogP contribution in [-0.2, 0) is 16.1 Å². The molecule has 0 aromatic heterocycles.